The SMILES string of the molecule is O=C(NCCCCCBr)c1ccc(Br)cn1. The first kappa shape index (κ1) is 13.6. The first-order chi connectivity index (χ1) is 7.74. The normalized spacial score (nSPS) is 10.1. The summed E-state index contributed by atoms with van der Waals surface area (Å²) in [5.74, 6) is -0.105. The van der Waals surface area contributed by atoms with Gasteiger partial charge in [0.05, 0.1) is 0 Å². The Labute approximate surface area is 112 Å². The number of pyridine rings is 1. The fraction of sp³-hybridized carbons (Fsp3) is 0.455. The van der Waals surface area contributed by atoms with Gasteiger partial charge in [-0.05, 0) is 40.9 Å². The molecule has 0 unspecified atom stereocenters. The standard InChI is InChI=1S/C11H14Br2N2O/c12-6-2-1-3-7-14-11(16)10-5-4-9(13)8-15-10/h4-5,8H,1-3,6-7H2,(H,14,16). The highest BCUT2D eigenvalue weighted by molar-refractivity contribution is 9.10. The topological polar surface area (TPSA) is 42.0 Å². The van der Waals surface area contributed by atoms with E-state index in [1.807, 2.05) is 6.07 Å². The summed E-state index contributed by atoms with van der Waals surface area (Å²) in [6.07, 6.45) is 4.90. The number of halogens is 2. The van der Waals surface area contributed by atoms with Gasteiger partial charge < -0.3 is 5.32 Å². The minimum Gasteiger partial charge on any atom is -0.351 e. The van der Waals surface area contributed by atoms with E-state index < -0.39 is 0 Å². The Bertz CT molecular complexity index is 327. The Morgan fingerprint density at radius 2 is 2.12 bits per heavy atom. The van der Waals surface area contributed by atoms with Crippen LogP contribution in [0.25, 0.3) is 0 Å². The molecule has 1 aromatic heterocycles. The van der Waals surface area contributed by atoms with Crippen LogP contribution in [0.3, 0.4) is 0 Å². The molecule has 1 amide bonds. The molecule has 0 aromatic carbocycles. The van der Waals surface area contributed by atoms with Crippen LogP contribution in [0.4, 0.5) is 0 Å². The molecule has 3 nitrogen and oxygen atoms in total. The maximum atomic E-state index is 11.6. The zero-order valence-corrected chi connectivity index (χ0v) is 12.1. The molecule has 1 rings (SSSR count). The lowest BCUT2D eigenvalue weighted by atomic mass is 10.2. The summed E-state index contributed by atoms with van der Waals surface area (Å²) in [5, 5.41) is 3.87. The van der Waals surface area contributed by atoms with Gasteiger partial charge in [0.15, 0.2) is 0 Å². The van der Waals surface area contributed by atoms with Crippen LogP contribution in [0.15, 0.2) is 22.8 Å². The predicted molar refractivity (Wildman–Crippen MR) is 71.9 cm³/mol. The second-order valence-corrected chi connectivity index (χ2v) is 5.08. The summed E-state index contributed by atoms with van der Waals surface area (Å²) in [6, 6.07) is 3.52. The van der Waals surface area contributed by atoms with Crippen LogP contribution in [-0.4, -0.2) is 22.8 Å². The maximum Gasteiger partial charge on any atom is 0.269 e. The molecule has 0 saturated heterocycles. The highest BCUT2D eigenvalue weighted by Crippen LogP contribution is 2.07. The van der Waals surface area contributed by atoms with Crippen molar-refractivity contribution in [2.75, 3.05) is 11.9 Å². The van der Waals surface area contributed by atoms with Crippen molar-refractivity contribution in [3.05, 3.63) is 28.5 Å². The molecule has 16 heavy (non-hydrogen) atoms. The van der Waals surface area contributed by atoms with Crippen molar-refractivity contribution < 1.29 is 4.79 Å². The van der Waals surface area contributed by atoms with Crippen LogP contribution in [0.5, 0.6) is 0 Å². The van der Waals surface area contributed by atoms with Gasteiger partial charge in [-0.2, -0.15) is 0 Å². The number of carbonyl (C=O) groups excluding carboxylic acids is 1. The summed E-state index contributed by atoms with van der Waals surface area (Å²) < 4.78 is 0.876. The third kappa shape index (κ3) is 5.07. The van der Waals surface area contributed by atoms with E-state index in [9.17, 15) is 4.79 Å². The number of unbranched alkanes of at least 4 members (excludes halogenated alkanes) is 2. The van der Waals surface area contributed by atoms with Crippen molar-refractivity contribution in [2.45, 2.75) is 19.3 Å². The van der Waals surface area contributed by atoms with E-state index in [4.69, 9.17) is 0 Å². The third-order valence-electron chi connectivity index (χ3n) is 2.06. The number of hydrogen-bond acceptors (Lipinski definition) is 2. The molecule has 0 aliphatic heterocycles. The van der Waals surface area contributed by atoms with E-state index in [0.29, 0.717) is 12.2 Å². The predicted octanol–water partition coefficient (Wildman–Crippen LogP) is 3.14. The monoisotopic (exact) mass is 348 g/mol. The maximum absolute atomic E-state index is 11.6. The first-order valence-electron chi connectivity index (χ1n) is 5.20. The lowest BCUT2D eigenvalue weighted by Gasteiger charge is -2.03. The average Bonchev–Trinajstić information content (AvgIpc) is 2.29. The second kappa shape index (κ2) is 7.79. The summed E-state index contributed by atoms with van der Waals surface area (Å²) >= 11 is 6.65. The molecule has 0 aliphatic rings. The molecule has 0 fully saturated rings. The number of hydrogen-bond donors (Lipinski definition) is 1. The summed E-state index contributed by atoms with van der Waals surface area (Å²) in [7, 11) is 0. The van der Waals surface area contributed by atoms with Gasteiger partial charge in [0.1, 0.15) is 5.69 Å². The third-order valence-corrected chi connectivity index (χ3v) is 3.09. The minimum atomic E-state index is -0.105. The van der Waals surface area contributed by atoms with E-state index in [0.717, 1.165) is 29.1 Å². The molecule has 0 atom stereocenters. The van der Waals surface area contributed by atoms with Gasteiger partial charge in [0.25, 0.3) is 5.91 Å². The molecule has 0 spiro atoms. The Balaban J connectivity index is 2.27. The molecule has 1 heterocycles. The van der Waals surface area contributed by atoms with Gasteiger partial charge in [-0.3, -0.25) is 4.79 Å². The number of amides is 1. The van der Waals surface area contributed by atoms with Crippen molar-refractivity contribution >= 4 is 37.8 Å². The van der Waals surface area contributed by atoms with Crippen LogP contribution >= 0.6 is 31.9 Å². The van der Waals surface area contributed by atoms with E-state index in [1.54, 1.807) is 12.3 Å². The summed E-state index contributed by atoms with van der Waals surface area (Å²) in [4.78, 5) is 15.6. The zero-order valence-electron chi connectivity index (χ0n) is 8.88. The highest BCUT2D eigenvalue weighted by Gasteiger charge is 2.05. The Morgan fingerprint density at radius 1 is 1.31 bits per heavy atom. The van der Waals surface area contributed by atoms with Crippen LogP contribution in [0.1, 0.15) is 29.8 Å². The average molecular weight is 350 g/mol. The molecule has 0 bridgehead atoms. The van der Waals surface area contributed by atoms with Crippen molar-refractivity contribution in [3.8, 4) is 0 Å². The molecule has 0 saturated carbocycles. The molecule has 88 valence electrons. The zero-order chi connectivity index (χ0) is 11.8. The largest absolute Gasteiger partial charge is 0.351 e. The van der Waals surface area contributed by atoms with Gasteiger partial charge in [0, 0.05) is 22.5 Å². The lowest BCUT2D eigenvalue weighted by molar-refractivity contribution is 0.0948. The van der Waals surface area contributed by atoms with E-state index in [2.05, 4.69) is 42.2 Å². The van der Waals surface area contributed by atoms with Crippen molar-refractivity contribution in [1.29, 1.82) is 0 Å². The van der Waals surface area contributed by atoms with E-state index in [-0.39, 0.29) is 5.91 Å². The van der Waals surface area contributed by atoms with Crippen LogP contribution in [0.2, 0.25) is 0 Å². The lowest BCUT2D eigenvalue weighted by Crippen LogP contribution is -2.25. The number of nitrogens with zero attached hydrogens (tertiary/aromatic N) is 1. The molecular formula is C11H14Br2N2O. The first-order valence-corrected chi connectivity index (χ1v) is 7.11. The fourth-order valence-electron chi connectivity index (χ4n) is 1.20. The Kier molecular flexibility index (Phi) is 6.64. The van der Waals surface area contributed by atoms with Crippen LogP contribution in [-0.2, 0) is 0 Å². The molecule has 5 heteroatoms. The molecule has 0 aliphatic carbocycles. The van der Waals surface area contributed by atoms with Crippen molar-refractivity contribution in [3.63, 3.8) is 0 Å². The molecular weight excluding hydrogens is 336 g/mol. The van der Waals surface area contributed by atoms with Gasteiger partial charge in [-0.1, -0.05) is 22.4 Å². The summed E-state index contributed by atoms with van der Waals surface area (Å²) in [6.45, 7) is 0.712. The van der Waals surface area contributed by atoms with E-state index >= 15 is 0 Å². The Morgan fingerprint density at radius 3 is 2.75 bits per heavy atom. The molecule has 1 N–H and O–H groups in total. The number of rotatable bonds is 6. The quantitative estimate of drug-likeness (QED) is 0.633. The van der Waals surface area contributed by atoms with Gasteiger partial charge in [-0.25, -0.2) is 4.98 Å². The molecule has 1 aromatic rings. The van der Waals surface area contributed by atoms with Crippen LogP contribution in [0, 0.1) is 0 Å². The molecule has 0 radical (unpaired) electrons. The van der Waals surface area contributed by atoms with Crippen molar-refractivity contribution in [2.24, 2.45) is 0 Å². The number of nitrogens with one attached hydrogen (secondary N) is 1. The van der Waals surface area contributed by atoms with Crippen molar-refractivity contribution in [1.82, 2.24) is 10.3 Å². The van der Waals surface area contributed by atoms with Gasteiger partial charge in [0.2, 0.25) is 0 Å². The van der Waals surface area contributed by atoms with Gasteiger partial charge >= 0.3 is 0 Å². The van der Waals surface area contributed by atoms with E-state index in [1.165, 1.54) is 0 Å². The second-order valence-electron chi connectivity index (χ2n) is 3.37. The fourth-order valence-corrected chi connectivity index (χ4v) is 1.83. The summed E-state index contributed by atoms with van der Waals surface area (Å²) in [5.41, 5.74) is 0.462. The number of aromatic nitrogens is 1. The Hall–Kier alpha value is -0.420. The van der Waals surface area contributed by atoms with Gasteiger partial charge in [-0.15, -0.1) is 0 Å². The minimum absolute atomic E-state index is 0.105. The number of alkyl halides is 1. The highest BCUT2D eigenvalue weighted by atomic mass is 79.9. The smallest absolute Gasteiger partial charge is 0.269 e. The van der Waals surface area contributed by atoms with Crippen LogP contribution < -0.4 is 5.32 Å². The number of carbonyl (C=O) groups is 1.